The zero-order chi connectivity index (χ0) is 15.8. The monoisotopic (exact) mass is 342 g/mol. The summed E-state index contributed by atoms with van der Waals surface area (Å²) < 4.78 is 5.37. The summed E-state index contributed by atoms with van der Waals surface area (Å²) in [7, 11) is 0. The molecule has 0 saturated carbocycles. The van der Waals surface area contributed by atoms with Crippen LogP contribution in [0, 0.1) is 0 Å². The number of hydrogen-bond donors (Lipinski definition) is 1. The van der Waals surface area contributed by atoms with Gasteiger partial charge in [0.05, 0.1) is 11.4 Å². The summed E-state index contributed by atoms with van der Waals surface area (Å²) in [5.41, 5.74) is 3.45. The number of ether oxygens (including phenoxy) is 1. The van der Waals surface area contributed by atoms with E-state index in [1.807, 2.05) is 47.8 Å². The molecule has 23 heavy (non-hydrogen) atoms. The van der Waals surface area contributed by atoms with Gasteiger partial charge in [-0.15, -0.1) is 11.3 Å². The first-order valence-corrected chi connectivity index (χ1v) is 8.23. The van der Waals surface area contributed by atoms with Crippen molar-refractivity contribution in [1.82, 2.24) is 4.98 Å². The molecule has 0 atom stereocenters. The largest absolute Gasteiger partial charge is 0.482 e. The molecule has 0 radical (unpaired) electrons. The number of carbonyl (C=O) groups excluding carboxylic acids is 1. The highest BCUT2D eigenvalue weighted by atomic mass is 35.5. The van der Waals surface area contributed by atoms with Crippen molar-refractivity contribution in [3.05, 3.63) is 52.9 Å². The summed E-state index contributed by atoms with van der Waals surface area (Å²) in [5.74, 6) is 0.534. The van der Waals surface area contributed by atoms with Gasteiger partial charge in [0.15, 0.2) is 6.61 Å². The van der Waals surface area contributed by atoms with E-state index in [1.54, 1.807) is 11.3 Å². The number of hydrogen-bond acceptors (Lipinski definition) is 4. The Morgan fingerprint density at radius 3 is 2.96 bits per heavy atom. The van der Waals surface area contributed by atoms with Gasteiger partial charge in [0.1, 0.15) is 10.8 Å². The molecule has 0 bridgehead atoms. The summed E-state index contributed by atoms with van der Waals surface area (Å²) in [4.78, 5) is 16.1. The maximum Gasteiger partial charge on any atom is 0.262 e. The summed E-state index contributed by atoms with van der Waals surface area (Å²) in [5, 5.41) is 6.39. The lowest BCUT2D eigenvalue weighted by molar-refractivity contribution is -0.118. The number of fused-ring (bicyclic) bond motifs is 1. The van der Waals surface area contributed by atoms with Crippen LogP contribution in [-0.2, 0) is 4.79 Å². The standard InChI is InChI=1S/C17H11ClN2O2S/c18-12-3-1-2-11(6-12)17-20-14(9-23-17)10-4-5-15-13(7-10)19-16(21)8-22-15/h1-7,9H,8H2,(H,19,21). The van der Waals surface area contributed by atoms with Crippen molar-refractivity contribution in [2.45, 2.75) is 0 Å². The Labute approximate surface area is 141 Å². The van der Waals surface area contributed by atoms with E-state index >= 15 is 0 Å². The second-order valence-corrected chi connectivity index (χ2v) is 6.39. The van der Waals surface area contributed by atoms with Gasteiger partial charge in [0, 0.05) is 21.5 Å². The van der Waals surface area contributed by atoms with Crippen molar-refractivity contribution in [2.75, 3.05) is 11.9 Å². The lowest BCUT2D eigenvalue weighted by Crippen LogP contribution is -2.25. The quantitative estimate of drug-likeness (QED) is 0.748. The molecule has 6 heteroatoms. The second kappa shape index (κ2) is 5.68. The van der Waals surface area contributed by atoms with Gasteiger partial charge in [0.25, 0.3) is 5.91 Å². The van der Waals surface area contributed by atoms with Gasteiger partial charge in [-0.1, -0.05) is 23.7 Å². The molecule has 0 saturated heterocycles. The van der Waals surface area contributed by atoms with E-state index in [2.05, 4.69) is 10.3 Å². The second-order valence-electron chi connectivity index (χ2n) is 5.10. The lowest BCUT2D eigenvalue weighted by Gasteiger charge is -2.18. The van der Waals surface area contributed by atoms with Crippen molar-refractivity contribution in [3.8, 4) is 27.6 Å². The Morgan fingerprint density at radius 2 is 2.09 bits per heavy atom. The molecule has 114 valence electrons. The maximum atomic E-state index is 11.4. The van der Waals surface area contributed by atoms with Crippen LogP contribution in [0.3, 0.4) is 0 Å². The van der Waals surface area contributed by atoms with Crippen LogP contribution in [0.2, 0.25) is 5.02 Å². The lowest BCUT2D eigenvalue weighted by atomic mass is 10.1. The van der Waals surface area contributed by atoms with Gasteiger partial charge in [-0.05, 0) is 30.3 Å². The number of thiazole rings is 1. The highest BCUT2D eigenvalue weighted by molar-refractivity contribution is 7.13. The first kappa shape index (κ1) is 14.2. The Hall–Kier alpha value is -2.37. The molecule has 1 aromatic heterocycles. The molecule has 0 unspecified atom stereocenters. The molecule has 2 aromatic carbocycles. The molecule has 3 aromatic rings. The fourth-order valence-electron chi connectivity index (χ4n) is 2.40. The first-order valence-electron chi connectivity index (χ1n) is 6.97. The maximum absolute atomic E-state index is 11.4. The predicted octanol–water partition coefficient (Wildman–Crippen LogP) is 4.46. The molecular formula is C17H11ClN2O2S. The summed E-state index contributed by atoms with van der Waals surface area (Å²) in [6, 6.07) is 13.3. The molecule has 1 N–H and O–H groups in total. The normalized spacial score (nSPS) is 13.2. The van der Waals surface area contributed by atoms with Crippen LogP contribution in [0.15, 0.2) is 47.8 Å². The number of amides is 1. The number of halogens is 1. The first-order chi connectivity index (χ1) is 11.2. The Kier molecular flexibility index (Phi) is 3.52. The van der Waals surface area contributed by atoms with Crippen molar-refractivity contribution in [1.29, 1.82) is 0 Å². The van der Waals surface area contributed by atoms with E-state index in [4.69, 9.17) is 16.3 Å². The third kappa shape index (κ3) is 2.81. The van der Waals surface area contributed by atoms with Crippen molar-refractivity contribution < 1.29 is 9.53 Å². The van der Waals surface area contributed by atoms with Crippen molar-refractivity contribution >= 4 is 34.5 Å². The van der Waals surface area contributed by atoms with Crippen molar-refractivity contribution in [2.24, 2.45) is 0 Å². The minimum Gasteiger partial charge on any atom is -0.482 e. The highest BCUT2D eigenvalue weighted by Gasteiger charge is 2.17. The third-order valence-electron chi connectivity index (χ3n) is 3.48. The van der Waals surface area contributed by atoms with Gasteiger partial charge in [0.2, 0.25) is 0 Å². The molecule has 1 aliphatic heterocycles. The van der Waals surface area contributed by atoms with Crippen LogP contribution in [0.25, 0.3) is 21.8 Å². The molecule has 0 aliphatic carbocycles. The van der Waals surface area contributed by atoms with Gasteiger partial charge in [-0.3, -0.25) is 4.79 Å². The molecular weight excluding hydrogens is 332 g/mol. The fraction of sp³-hybridized carbons (Fsp3) is 0.0588. The van der Waals surface area contributed by atoms with E-state index in [1.165, 1.54) is 0 Å². The third-order valence-corrected chi connectivity index (χ3v) is 4.61. The van der Waals surface area contributed by atoms with Crippen LogP contribution in [-0.4, -0.2) is 17.5 Å². The molecule has 4 rings (SSSR count). The van der Waals surface area contributed by atoms with Crippen LogP contribution in [0.5, 0.6) is 5.75 Å². The number of anilines is 1. The minimum absolute atomic E-state index is 0.0575. The number of nitrogens with zero attached hydrogens (tertiary/aromatic N) is 1. The molecule has 0 spiro atoms. The average Bonchev–Trinajstić information content (AvgIpc) is 3.04. The summed E-state index contributed by atoms with van der Waals surface area (Å²) in [6.07, 6.45) is 0. The zero-order valence-corrected chi connectivity index (χ0v) is 13.4. The Morgan fingerprint density at radius 1 is 1.17 bits per heavy atom. The summed E-state index contributed by atoms with van der Waals surface area (Å²) >= 11 is 7.59. The highest BCUT2D eigenvalue weighted by Crippen LogP contribution is 2.35. The fourth-order valence-corrected chi connectivity index (χ4v) is 3.42. The van der Waals surface area contributed by atoms with E-state index < -0.39 is 0 Å². The van der Waals surface area contributed by atoms with E-state index in [0.717, 1.165) is 21.8 Å². The number of aromatic nitrogens is 1. The number of rotatable bonds is 2. The Balaban J connectivity index is 1.69. The van der Waals surface area contributed by atoms with Gasteiger partial charge in [-0.25, -0.2) is 4.98 Å². The van der Waals surface area contributed by atoms with Crippen molar-refractivity contribution in [3.63, 3.8) is 0 Å². The molecule has 4 nitrogen and oxygen atoms in total. The smallest absolute Gasteiger partial charge is 0.262 e. The van der Waals surface area contributed by atoms with Gasteiger partial charge >= 0.3 is 0 Å². The molecule has 1 amide bonds. The SMILES string of the molecule is O=C1COc2ccc(-c3csc(-c4cccc(Cl)c4)n3)cc2N1. The van der Waals surface area contributed by atoms with E-state index in [9.17, 15) is 4.79 Å². The molecule has 1 aliphatic rings. The average molecular weight is 343 g/mol. The molecule has 2 heterocycles. The minimum atomic E-state index is -0.146. The van der Waals surface area contributed by atoms with Gasteiger partial charge in [-0.2, -0.15) is 0 Å². The number of carbonyl (C=O) groups is 1. The van der Waals surface area contributed by atoms with Crippen LogP contribution < -0.4 is 10.1 Å². The van der Waals surface area contributed by atoms with Crippen LogP contribution >= 0.6 is 22.9 Å². The number of benzene rings is 2. The van der Waals surface area contributed by atoms with E-state index in [0.29, 0.717) is 16.5 Å². The van der Waals surface area contributed by atoms with Crippen LogP contribution in [0.1, 0.15) is 0 Å². The Bertz CT molecular complexity index is 907. The van der Waals surface area contributed by atoms with Gasteiger partial charge < -0.3 is 10.1 Å². The zero-order valence-electron chi connectivity index (χ0n) is 11.9. The predicted molar refractivity (Wildman–Crippen MR) is 92.1 cm³/mol. The van der Waals surface area contributed by atoms with E-state index in [-0.39, 0.29) is 12.5 Å². The molecule has 0 fully saturated rings. The summed E-state index contributed by atoms with van der Waals surface area (Å²) in [6.45, 7) is 0.0575. The topological polar surface area (TPSA) is 51.2 Å². The number of nitrogens with one attached hydrogen (secondary N) is 1. The van der Waals surface area contributed by atoms with Crippen LogP contribution in [0.4, 0.5) is 5.69 Å².